The van der Waals surface area contributed by atoms with Crippen molar-refractivity contribution in [1.82, 2.24) is 0 Å². The normalized spacial score (nSPS) is 12.5. The molecule has 0 N–H and O–H groups in total. The molecule has 0 aliphatic carbocycles. The largest absolute Gasteiger partial charge is 0.462 e. The molecule has 0 saturated heterocycles. The zero-order chi connectivity index (χ0) is 45.8. The molecule has 0 bridgehead atoms. The molecule has 0 amide bonds. The molecule has 0 radical (unpaired) electrons. The third kappa shape index (κ3) is 50.0. The predicted octanol–water partition coefficient (Wildman–Crippen LogP) is 17.6. The van der Waals surface area contributed by atoms with Gasteiger partial charge in [0.05, 0.1) is 0 Å². The molecule has 0 heterocycles. The number of allylic oxidation sites excluding steroid dienone is 10. The van der Waals surface area contributed by atoms with Crippen molar-refractivity contribution in [1.29, 1.82) is 0 Å². The van der Waals surface area contributed by atoms with Crippen LogP contribution in [0.25, 0.3) is 0 Å². The molecule has 0 aliphatic rings. The Kier molecular flexibility index (Phi) is 49.4. The first-order valence-electron chi connectivity index (χ1n) is 26.8. The summed E-state index contributed by atoms with van der Waals surface area (Å²) in [4.78, 5) is 38.0. The van der Waals surface area contributed by atoms with Crippen molar-refractivity contribution in [2.24, 2.45) is 0 Å². The van der Waals surface area contributed by atoms with Gasteiger partial charge >= 0.3 is 17.9 Å². The molecule has 0 aromatic heterocycles. The summed E-state index contributed by atoms with van der Waals surface area (Å²) in [5.41, 5.74) is 0. The van der Waals surface area contributed by atoms with Crippen LogP contribution in [0.1, 0.15) is 265 Å². The van der Waals surface area contributed by atoms with Gasteiger partial charge < -0.3 is 14.2 Å². The number of carbonyl (C=O) groups is 3. The zero-order valence-corrected chi connectivity index (χ0v) is 41.6. The number of carbonyl (C=O) groups excluding carboxylic acids is 3. The Labute approximate surface area is 390 Å². The van der Waals surface area contributed by atoms with Crippen molar-refractivity contribution in [3.63, 3.8) is 0 Å². The lowest BCUT2D eigenvalue weighted by Gasteiger charge is -2.18. The molecule has 0 saturated carbocycles. The van der Waals surface area contributed by atoms with E-state index in [1.54, 1.807) is 0 Å². The first-order chi connectivity index (χ1) is 31.0. The van der Waals surface area contributed by atoms with Gasteiger partial charge in [-0.15, -0.1) is 0 Å². The van der Waals surface area contributed by atoms with Crippen molar-refractivity contribution >= 4 is 17.9 Å². The fraction of sp³-hybridized carbons (Fsp3) is 0.772. The molecule has 0 rings (SSSR count). The van der Waals surface area contributed by atoms with E-state index in [4.69, 9.17) is 14.2 Å². The SMILES string of the molecule is CC/C=C\C/C=C\C/C=C\CCCCCCCCCC(=O)OCC(COC(=O)CCCCCCC/C=C\CCCC)OC(=O)CCCCCCCCC/C=C\CCCCCCCC. The minimum absolute atomic E-state index is 0.0831. The predicted molar refractivity (Wildman–Crippen MR) is 270 cm³/mol. The minimum atomic E-state index is -0.782. The molecule has 1 unspecified atom stereocenters. The Morgan fingerprint density at radius 2 is 0.635 bits per heavy atom. The second-order valence-electron chi connectivity index (χ2n) is 17.7. The maximum absolute atomic E-state index is 12.8. The number of unbranched alkanes of at least 4 members (excludes halogenated alkanes) is 27. The second-order valence-corrected chi connectivity index (χ2v) is 17.7. The zero-order valence-electron chi connectivity index (χ0n) is 41.6. The van der Waals surface area contributed by atoms with Crippen molar-refractivity contribution in [3.05, 3.63) is 60.8 Å². The highest BCUT2D eigenvalue weighted by Gasteiger charge is 2.19. The Morgan fingerprint density at radius 3 is 1.03 bits per heavy atom. The molecule has 364 valence electrons. The molecule has 0 aromatic rings. The Bertz CT molecular complexity index is 1150. The van der Waals surface area contributed by atoms with E-state index in [0.29, 0.717) is 19.3 Å². The van der Waals surface area contributed by atoms with Gasteiger partial charge in [-0.05, 0) is 96.3 Å². The lowest BCUT2D eigenvalue weighted by atomic mass is 10.1. The van der Waals surface area contributed by atoms with Gasteiger partial charge in [0.25, 0.3) is 0 Å². The highest BCUT2D eigenvalue weighted by atomic mass is 16.6. The third-order valence-corrected chi connectivity index (χ3v) is 11.5. The van der Waals surface area contributed by atoms with Gasteiger partial charge in [0.2, 0.25) is 0 Å². The van der Waals surface area contributed by atoms with Gasteiger partial charge in [-0.2, -0.15) is 0 Å². The van der Waals surface area contributed by atoms with E-state index in [1.165, 1.54) is 135 Å². The van der Waals surface area contributed by atoms with Gasteiger partial charge in [0.15, 0.2) is 6.10 Å². The fourth-order valence-electron chi connectivity index (χ4n) is 7.43. The molecule has 6 nitrogen and oxygen atoms in total. The number of hydrogen-bond acceptors (Lipinski definition) is 6. The average molecular weight is 881 g/mol. The van der Waals surface area contributed by atoms with Crippen LogP contribution < -0.4 is 0 Å². The van der Waals surface area contributed by atoms with E-state index >= 15 is 0 Å². The molecular formula is C57H100O6. The summed E-state index contributed by atoms with van der Waals surface area (Å²) < 4.78 is 16.8. The van der Waals surface area contributed by atoms with Gasteiger partial charge in [0, 0.05) is 19.3 Å². The van der Waals surface area contributed by atoms with E-state index < -0.39 is 6.10 Å². The Balaban J connectivity index is 4.37. The highest BCUT2D eigenvalue weighted by Crippen LogP contribution is 2.15. The van der Waals surface area contributed by atoms with Crippen molar-refractivity contribution < 1.29 is 28.6 Å². The molecule has 0 spiro atoms. The van der Waals surface area contributed by atoms with E-state index in [1.807, 2.05) is 0 Å². The fourth-order valence-corrected chi connectivity index (χ4v) is 7.43. The molecular weight excluding hydrogens is 781 g/mol. The lowest BCUT2D eigenvalue weighted by molar-refractivity contribution is -0.167. The molecule has 0 aliphatic heterocycles. The first kappa shape index (κ1) is 60.1. The first-order valence-corrected chi connectivity index (χ1v) is 26.8. The molecule has 1 atom stereocenters. The highest BCUT2D eigenvalue weighted by molar-refractivity contribution is 5.71. The molecule has 0 aromatic carbocycles. The van der Waals surface area contributed by atoms with E-state index in [0.717, 1.165) is 89.9 Å². The summed E-state index contributed by atoms with van der Waals surface area (Å²) in [5, 5.41) is 0. The summed E-state index contributed by atoms with van der Waals surface area (Å²) in [6.07, 6.45) is 63.5. The summed E-state index contributed by atoms with van der Waals surface area (Å²) in [7, 11) is 0. The van der Waals surface area contributed by atoms with Crippen LogP contribution in [-0.2, 0) is 28.6 Å². The maximum Gasteiger partial charge on any atom is 0.306 e. The Morgan fingerprint density at radius 1 is 0.333 bits per heavy atom. The van der Waals surface area contributed by atoms with Crippen LogP contribution in [0, 0.1) is 0 Å². The topological polar surface area (TPSA) is 78.9 Å². The molecule has 63 heavy (non-hydrogen) atoms. The lowest BCUT2D eigenvalue weighted by Crippen LogP contribution is -2.30. The summed E-state index contributed by atoms with van der Waals surface area (Å²) in [5.74, 6) is -0.901. The van der Waals surface area contributed by atoms with Gasteiger partial charge in [-0.1, -0.05) is 210 Å². The second kappa shape index (κ2) is 51.7. The van der Waals surface area contributed by atoms with Crippen LogP contribution in [0.2, 0.25) is 0 Å². The van der Waals surface area contributed by atoms with E-state index in [2.05, 4.69) is 81.5 Å². The van der Waals surface area contributed by atoms with Crippen LogP contribution >= 0.6 is 0 Å². The number of ether oxygens (including phenoxy) is 3. The van der Waals surface area contributed by atoms with Crippen LogP contribution in [-0.4, -0.2) is 37.2 Å². The van der Waals surface area contributed by atoms with Gasteiger partial charge in [-0.25, -0.2) is 0 Å². The van der Waals surface area contributed by atoms with Crippen LogP contribution in [0.15, 0.2) is 60.8 Å². The van der Waals surface area contributed by atoms with Crippen molar-refractivity contribution in [3.8, 4) is 0 Å². The maximum atomic E-state index is 12.8. The van der Waals surface area contributed by atoms with Crippen LogP contribution in [0.5, 0.6) is 0 Å². The molecule has 6 heteroatoms. The van der Waals surface area contributed by atoms with Crippen molar-refractivity contribution in [2.75, 3.05) is 13.2 Å². The van der Waals surface area contributed by atoms with Gasteiger partial charge in [-0.3, -0.25) is 14.4 Å². The number of rotatable bonds is 48. The minimum Gasteiger partial charge on any atom is -0.462 e. The summed E-state index contributed by atoms with van der Waals surface area (Å²) >= 11 is 0. The Hall–Kier alpha value is -2.89. The van der Waals surface area contributed by atoms with Crippen molar-refractivity contribution in [2.45, 2.75) is 271 Å². The van der Waals surface area contributed by atoms with Crippen LogP contribution in [0.3, 0.4) is 0 Å². The summed E-state index contributed by atoms with van der Waals surface area (Å²) in [6, 6.07) is 0. The molecule has 0 fully saturated rings. The van der Waals surface area contributed by atoms with E-state index in [9.17, 15) is 14.4 Å². The monoisotopic (exact) mass is 881 g/mol. The number of hydrogen-bond donors (Lipinski definition) is 0. The number of esters is 3. The summed E-state index contributed by atoms with van der Waals surface area (Å²) in [6.45, 7) is 6.48. The smallest absolute Gasteiger partial charge is 0.306 e. The quantitative estimate of drug-likeness (QED) is 0.0262. The van der Waals surface area contributed by atoms with E-state index in [-0.39, 0.29) is 31.1 Å². The standard InChI is InChI=1S/C57H100O6/c1-4-7-10-13-16-19-22-24-26-28-30-32-35-38-41-44-47-50-56(59)62-53-54(52-61-55(58)49-46-43-40-37-34-21-18-15-12-9-6-3)63-57(60)51-48-45-42-39-36-33-31-29-27-25-23-20-17-14-11-8-5-2/h7,10,15-16,18-19,24-27,54H,4-6,8-9,11-14,17,20-23,28-53H2,1-3H3/b10-7-,18-15-,19-16-,26-24-,27-25-. The average Bonchev–Trinajstić information content (AvgIpc) is 3.28. The van der Waals surface area contributed by atoms with Gasteiger partial charge in [0.1, 0.15) is 13.2 Å². The van der Waals surface area contributed by atoms with Crippen LogP contribution in [0.4, 0.5) is 0 Å². The third-order valence-electron chi connectivity index (χ3n) is 11.5.